The number of nitrogens with zero attached hydrogens (tertiary/aromatic N) is 1. The van der Waals surface area contributed by atoms with Crippen LogP contribution in [0.25, 0.3) is 0 Å². The Hall–Kier alpha value is -0.610. The van der Waals surface area contributed by atoms with Gasteiger partial charge in [0, 0.05) is 11.3 Å². The van der Waals surface area contributed by atoms with Crippen LogP contribution in [0.4, 0.5) is 0 Å². The van der Waals surface area contributed by atoms with Crippen molar-refractivity contribution in [2.75, 3.05) is 13.7 Å². The maximum absolute atomic E-state index is 5.45. The largest absolute Gasteiger partial charge is 0.473 e. The van der Waals surface area contributed by atoms with Crippen LogP contribution in [0, 0.1) is 0 Å². The Balaban J connectivity index is 2.61. The number of hydrogen-bond acceptors (Lipinski definition) is 4. The third-order valence-corrected chi connectivity index (χ3v) is 2.60. The van der Waals surface area contributed by atoms with E-state index >= 15 is 0 Å². The predicted octanol–water partition coefficient (Wildman–Crippen LogP) is 1.60. The summed E-state index contributed by atoms with van der Waals surface area (Å²) in [5.41, 5.74) is 6.54. The third kappa shape index (κ3) is 2.19. The molecule has 0 fully saturated rings. The summed E-state index contributed by atoms with van der Waals surface area (Å²) in [7, 11) is 1.64. The SMILES string of the molecule is COc1nc(C(C)CCN)cs1. The molecule has 0 saturated carbocycles. The lowest BCUT2D eigenvalue weighted by molar-refractivity contribution is 0.409. The second kappa shape index (κ2) is 4.42. The van der Waals surface area contributed by atoms with Crippen molar-refractivity contribution in [1.29, 1.82) is 0 Å². The molecule has 1 unspecified atom stereocenters. The number of nitrogens with two attached hydrogens (primary N) is 1. The van der Waals surface area contributed by atoms with Gasteiger partial charge in [-0.1, -0.05) is 18.3 Å². The van der Waals surface area contributed by atoms with Gasteiger partial charge in [-0.05, 0) is 13.0 Å². The van der Waals surface area contributed by atoms with Crippen molar-refractivity contribution < 1.29 is 4.74 Å². The fourth-order valence-corrected chi connectivity index (χ4v) is 1.75. The van der Waals surface area contributed by atoms with Gasteiger partial charge in [0.2, 0.25) is 0 Å². The van der Waals surface area contributed by atoms with Crippen LogP contribution in [0.5, 0.6) is 5.19 Å². The molecule has 4 heteroatoms. The van der Waals surface area contributed by atoms with Gasteiger partial charge in [-0.3, -0.25) is 0 Å². The summed E-state index contributed by atoms with van der Waals surface area (Å²) in [6, 6.07) is 0. The van der Waals surface area contributed by atoms with Gasteiger partial charge in [0.15, 0.2) is 0 Å². The van der Waals surface area contributed by atoms with E-state index in [4.69, 9.17) is 10.5 Å². The van der Waals surface area contributed by atoms with E-state index in [1.165, 1.54) is 11.3 Å². The number of rotatable bonds is 4. The second-order valence-corrected chi connectivity index (χ2v) is 3.54. The van der Waals surface area contributed by atoms with Crippen LogP contribution in [0.15, 0.2) is 5.38 Å². The lowest BCUT2D eigenvalue weighted by atomic mass is 10.1. The van der Waals surface area contributed by atoms with Gasteiger partial charge >= 0.3 is 0 Å². The van der Waals surface area contributed by atoms with Gasteiger partial charge in [-0.25, -0.2) is 4.98 Å². The molecule has 3 nitrogen and oxygen atoms in total. The average Bonchev–Trinajstić information content (AvgIpc) is 2.52. The Morgan fingerprint density at radius 2 is 2.50 bits per heavy atom. The van der Waals surface area contributed by atoms with E-state index < -0.39 is 0 Å². The first-order valence-electron chi connectivity index (χ1n) is 3.97. The van der Waals surface area contributed by atoms with Gasteiger partial charge in [0.25, 0.3) is 5.19 Å². The summed E-state index contributed by atoms with van der Waals surface area (Å²) in [4.78, 5) is 4.29. The zero-order chi connectivity index (χ0) is 8.97. The predicted molar refractivity (Wildman–Crippen MR) is 50.8 cm³/mol. The monoisotopic (exact) mass is 186 g/mol. The molecule has 1 heterocycles. The number of methoxy groups -OCH3 is 1. The molecule has 68 valence electrons. The van der Waals surface area contributed by atoms with Crippen molar-refractivity contribution in [2.45, 2.75) is 19.3 Å². The molecule has 2 N–H and O–H groups in total. The molecule has 12 heavy (non-hydrogen) atoms. The van der Waals surface area contributed by atoms with E-state index in [9.17, 15) is 0 Å². The second-order valence-electron chi connectivity index (χ2n) is 2.72. The van der Waals surface area contributed by atoms with Crippen molar-refractivity contribution in [2.24, 2.45) is 5.73 Å². The molecule has 0 aromatic carbocycles. The van der Waals surface area contributed by atoms with Crippen molar-refractivity contribution in [3.05, 3.63) is 11.1 Å². The van der Waals surface area contributed by atoms with Crippen LogP contribution in [-0.2, 0) is 0 Å². The standard InChI is InChI=1S/C8H14N2OS/c1-6(3-4-9)7-5-12-8(10-7)11-2/h5-6H,3-4,9H2,1-2H3. The fourth-order valence-electron chi connectivity index (χ4n) is 0.987. The van der Waals surface area contributed by atoms with E-state index in [0.717, 1.165) is 17.3 Å². The van der Waals surface area contributed by atoms with Gasteiger partial charge in [-0.15, -0.1) is 0 Å². The Morgan fingerprint density at radius 3 is 3.00 bits per heavy atom. The highest BCUT2D eigenvalue weighted by atomic mass is 32.1. The minimum absolute atomic E-state index is 0.440. The van der Waals surface area contributed by atoms with Crippen LogP contribution >= 0.6 is 11.3 Å². The Bertz CT molecular complexity index is 237. The Morgan fingerprint density at radius 1 is 1.75 bits per heavy atom. The first kappa shape index (κ1) is 9.48. The molecule has 0 spiro atoms. The van der Waals surface area contributed by atoms with E-state index in [-0.39, 0.29) is 0 Å². The third-order valence-electron chi connectivity index (χ3n) is 1.78. The lowest BCUT2D eigenvalue weighted by Gasteiger charge is -2.04. The smallest absolute Gasteiger partial charge is 0.273 e. The number of aromatic nitrogens is 1. The van der Waals surface area contributed by atoms with Crippen molar-refractivity contribution >= 4 is 11.3 Å². The molecule has 1 atom stereocenters. The van der Waals surface area contributed by atoms with Crippen LogP contribution in [0.2, 0.25) is 0 Å². The van der Waals surface area contributed by atoms with Gasteiger partial charge in [0.05, 0.1) is 12.8 Å². The molecule has 0 saturated heterocycles. The number of hydrogen-bond donors (Lipinski definition) is 1. The maximum Gasteiger partial charge on any atom is 0.273 e. The lowest BCUT2D eigenvalue weighted by Crippen LogP contribution is -2.04. The van der Waals surface area contributed by atoms with Crippen LogP contribution < -0.4 is 10.5 Å². The summed E-state index contributed by atoms with van der Waals surface area (Å²) in [5, 5.41) is 2.76. The molecule has 0 aliphatic rings. The molecule has 1 rings (SSSR count). The van der Waals surface area contributed by atoms with E-state index in [1.807, 2.05) is 5.38 Å². The number of thiazole rings is 1. The maximum atomic E-state index is 5.45. The summed E-state index contributed by atoms with van der Waals surface area (Å²) < 4.78 is 5.00. The summed E-state index contributed by atoms with van der Waals surface area (Å²) in [6.45, 7) is 2.84. The highest BCUT2D eigenvalue weighted by Crippen LogP contribution is 2.24. The molecule has 0 amide bonds. The summed E-state index contributed by atoms with van der Waals surface area (Å²) >= 11 is 1.53. The molecule has 1 aromatic heterocycles. The average molecular weight is 186 g/mol. The quantitative estimate of drug-likeness (QED) is 0.777. The molecular weight excluding hydrogens is 172 g/mol. The van der Waals surface area contributed by atoms with Gasteiger partial charge in [-0.2, -0.15) is 0 Å². The highest BCUT2D eigenvalue weighted by Gasteiger charge is 2.08. The fraction of sp³-hybridized carbons (Fsp3) is 0.625. The van der Waals surface area contributed by atoms with Crippen molar-refractivity contribution in [3.63, 3.8) is 0 Å². The molecule has 0 bridgehead atoms. The Kier molecular flexibility index (Phi) is 3.49. The zero-order valence-electron chi connectivity index (χ0n) is 7.41. The number of ether oxygens (including phenoxy) is 1. The van der Waals surface area contributed by atoms with Crippen molar-refractivity contribution in [3.8, 4) is 5.19 Å². The summed E-state index contributed by atoms with van der Waals surface area (Å²) in [5.74, 6) is 0.440. The first-order chi connectivity index (χ1) is 5.77. The van der Waals surface area contributed by atoms with E-state index in [0.29, 0.717) is 12.5 Å². The summed E-state index contributed by atoms with van der Waals surface area (Å²) in [6.07, 6.45) is 0.979. The van der Waals surface area contributed by atoms with E-state index in [2.05, 4.69) is 11.9 Å². The first-order valence-corrected chi connectivity index (χ1v) is 4.85. The molecule has 1 aromatic rings. The van der Waals surface area contributed by atoms with Crippen LogP contribution in [0.3, 0.4) is 0 Å². The molecular formula is C8H14N2OS. The molecule has 0 aliphatic carbocycles. The van der Waals surface area contributed by atoms with Gasteiger partial charge in [0.1, 0.15) is 0 Å². The minimum Gasteiger partial charge on any atom is -0.473 e. The molecule has 0 aliphatic heterocycles. The Labute approximate surface area is 76.6 Å². The molecule has 0 radical (unpaired) electrons. The topological polar surface area (TPSA) is 48.1 Å². The van der Waals surface area contributed by atoms with Crippen LogP contribution in [0.1, 0.15) is 25.0 Å². The highest BCUT2D eigenvalue weighted by molar-refractivity contribution is 7.11. The van der Waals surface area contributed by atoms with Gasteiger partial charge < -0.3 is 10.5 Å². The van der Waals surface area contributed by atoms with Crippen LogP contribution in [-0.4, -0.2) is 18.6 Å². The zero-order valence-corrected chi connectivity index (χ0v) is 8.23. The van der Waals surface area contributed by atoms with E-state index in [1.54, 1.807) is 7.11 Å². The normalized spacial score (nSPS) is 12.9. The minimum atomic E-state index is 0.440. The van der Waals surface area contributed by atoms with Crippen molar-refractivity contribution in [1.82, 2.24) is 4.98 Å².